The summed E-state index contributed by atoms with van der Waals surface area (Å²) in [5, 5.41) is 12.1. The third kappa shape index (κ3) is 4.00. The molecule has 0 radical (unpaired) electrons. The van der Waals surface area contributed by atoms with E-state index in [-0.39, 0.29) is 6.10 Å². The molecule has 2 aliphatic rings. The maximum Gasteiger partial charge on any atom is 0.226 e. The Bertz CT molecular complexity index is 993. The number of β-amino-alcohol motifs (C(OH)–C–C–N with tert-alkyl or cyclic N) is 1. The van der Waals surface area contributed by atoms with E-state index in [9.17, 15) is 5.11 Å². The highest BCUT2D eigenvalue weighted by molar-refractivity contribution is 7.13. The second-order valence-electron chi connectivity index (χ2n) is 7.49. The molecule has 3 aromatic rings. The Morgan fingerprint density at radius 3 is 2.70 bits per heavy atom. The molecular formula is C21H24N6O2S. The number of aliphatic hydroxyl groups is 1. The minimum atomic E-state index is -0.329. The number of aliphatic hydroxyl groups excluding tert-OH is 1. The van der Waals surface area contributed by atoms with Crippen molar-refractivity contribution in [3.63, 3.8) is 0 Å². The summed E-state index contributed by atoms with van der Waals surface area (Å²) in [6.45, 7) is 4.37. The average molecular weight is 425 g/mol. The number of hydrogen-bond acceptors (Lipinski definition) is 9. The predicted molar refractivity (Wildman–Crippen MR) is 117 cm³/mol. The van der Waals surface area contributed by atoms with E-state index in [1.165, 1.54) is 0 Å². The Kier molecular flexibility index (Phi) is 5.56. The number of nitrogens with zero attached hydrogens (tertiary/aromatic N) is 6. The van der Waals surface area contributed by atoms with Gasteiger partial charge in [0.25, 0.3) is 0 Å². The summed E-state index contributed by atoms with van der Waals surface area (Å²) in [7, 11) is 0. The van der Waals surface area contributed by atoms with Gasteiger partial charge in [-0.2, -0.15) is 0 Å². The van der Waals surface area contributed by atoms with Crippen LogP contribution in [-0.2, 0) is 4.74 Å². The van der Waals surface area contributed by atoms with Crippen LogP contribution in [0, 0.1) is 0 Å². The van der Waals surface area contributed by atoms with Crippen LogP contribution in [0.4, 0.5) is 11.9 Å². The SMILES string of the molecule is OC1CCCN(c2ncc(-c3ccnc(N4CCOCC4)n3)c(-c3cccs3)n2)C1. The molecule has 5 heterocycles. The first-order valence-corrected chi connectivity index (χ1v) is 11.2. The third-order valence-electron chi connectivity index (χ3n) is 5.42. The van der Waals surface area contributed by atoms with Crippen LogP contribution in [0.1, 0.15) is 12.8 Å². The second kappa shape index (κ2) is 8.63. The minimum Gasteiger partial charge on any atom is -0.391 e. The molecule has 2 saturated heterocycles. The predicted octanol–water partition coefficient (Wildman–Crippen LogP) is 2.46. The normalized spacial score (nSPS) is 19.8. The Morgan fingerprint density at radius 1 is 1.03 bits per heavy atom. The zero-order valence-electron chi connectivity index (χ0n) is 16.6. The van der Waals surface area contributed by atoms with Crippen molar-refractivity contribution in [2.24, 2.45) is 0 Å². The van der Waals surface area contributed by atoms with Gasteiger partial charge in [0.15, 0.2) is 0 Å². The zero-order valence-corrected chi connectivity index (χ0v) is 17.5. The Morgan fingerprint density at radius 2 is 1.90 bits per heavy atom. The molecule has 0 saturated carbocycles. The highest BCUT2D eigenvalue weighted by atomic mass is 32.1. The molecule has 8 nitrogen and oxygen atoms in total. The van der Waals surface area contributed by atoms with Crippen molar-refractivity contribution >= 4 is 23.2 Å². The van der Waals surface area contributed by atoms with Crippen molar-refractivity contribution < 1.29 is 9.84 Å². The molecule has 1 N–H and O–H groups in total. The molecule has 0 bridgehead atoms. The van der Waals surface area contributed by atoms with Gasteiger partial charge in [-0.25, -0.2) is 19.9 Å². The molecule has 1 atom stereocenters. The minimum absolute atomic E-state index is 0.329. The van der Waals surface area contributed by atoms with Gasteiger partial charge < -0.3 is 19.6 Å². The maximum absolute atomic E-state index is 10.1. The number of anilines is 2. The molecule has 2 fully saturated rings. The smallest absolute Gasteiger partial charge is 0.226 e. The van der Waals surface area contributed by atoms with Crippen molar-refractivity contribution in [3.05, 3.63) is 36.0 Å². The van der Waals surface area contributed by atoms with Crippen molar-refractivity contribution in [2.45, 2.75) is 18.9 Å². The highest BCUT2D eigenvalue weighted by Gasteiger charge is 2.23. The van der Waals surface area contributed by atoms with Crippen LogP contribution in [-0.4, -0.2) is 70.5 Å². The van der Waals surface area contributed by atoms with Crippen molar-refractivity contribution in [2.75, 3.05) is 49.2 Å². The monoisotopic (exact) mass is 424 g/mol. The van der Waals surface area contributed by atoms with Crippen molar-refractivity contribution in [1.82, 2.24) is 19.9 Å². The van der Waals surface area contributed by atoms with E-state index in [0.29, 0.717) is 31.7 Å². The fourth-order valence-corrected chi connectivity index (χ4v) is 4.59. The number of morpholine rings is 1. The average Bonchev–Trinajstić information content (AvgIpc) is 3.34. The molecule has 3 aromatic heterocycles. The molecule has 0 aliphatic carbocycles. The Labute approximate surface area is 179 Å². The summed E-state index contributed by atoms with van der Waals surface area (Å²) in [6, 6.07) is 5.99. The molecule has 0 amide bonds. The Balaban J connectivity index is 1.53. The molecule has 9 heteroatoms. The summed E-state index contributed by atoms with van der Waals surface area (Å²) in [6.07, 6.45) is 5.09. The number of piperidine rings is 1. The number of ether oxygens (including phenoxy) is 1. The van der Waals surface area contributed by atoms with Crippen molar-refractivity contribution in [3.8, 4) is 21.8 Å². The molecular weight excluding hydrogens is 400 g/mol. The van der Waals surface area contributed by atoms with Gasteiger partial charge >= 0.3 is 0 Å². The summed E-state index contributed by atoms with van der Waals surface area (Å²) < 4.78 is 5.44. The Hall–Kier alpha value is -2.62. The second-order valence-corrected chi connectivity index (χ2v) is 8.44. The quantitative estimate of drug-likeness (QED) is 0.683. The topological polar surface area (TPSA) is 87.5 Å². The van der Waals surface area contributed by atoms with E-state index in [1.807, 2.05) is 23.7 Å². The highest BCUT2D eigenvalue weighted by Crippen LogP contribution is 2.34. The molecule has 30 heavy (non-hydrogen) atoms. The third-order valence-corrected chi connectivity index (χ3v) is 6.30. The lowest BCUT2D eigenvalue weighted by molar-refractivity contribution is 0.122. The summed E-state index contributed by atoms with van der Waals surface area (Å²) in [5.41, 5.74) is 2.55. The van der Waals surface area contributed by atoms with Gasteiger partial charge in [0, 0.05) is 44.1 Å². The van der Waals surface area contributed by atoms with Crippen LogP contribution >= 0.6 is 11.3 Å². The maximum atomic E-state index is 10.1. The number of aromatic nitrogens is 4. The fourth-order valence-electron chi connectivity index (χ4n) is 3.86. The molecule has 0 aromatic carbocycles. The van der Waals surface area contributed by atoms with Gasteiger partial charge in [-0.05, 0) is 30.4 Å². The zero-order chi connectivity index (χ0) is 20.3. The van der Waals surface area contributed by atoms with Gasteiger partial charge in [0.2, 0.25) is 11.9 Å². The van der Waals surface area contributed by atoms with Gasteiger partial charge in [-0.3, -0.25) is 0 Å². The van der Waals surface area contributed by atoms with Crippen LogP contribution < -0.4 is 9.80 Å². The molecule has 0 spiro atoms. The van der Waals surface area contributed by atoms with Crippen LogP contribution in [0.3, 0.4) is 0 Å². The van der Waals surface area contributed by atoms with Gasteiger partial charge in [-0.1, -0.05) is 6.07 Å². The van der Waals surface area contributed by atoms with Crippen LogP contribution in [0.25, 0.3) is 21.8 Å². The first-order chi connectivity index (χ1) is 14.8. The van der Waals surface area contributed by atoms with Crippen LogP contribution in [0.15, 0.2) is 36.0 Å². The lowest BCUT2D eigenvalue weighted by atomic mass is 10.1. The lowest BCUT2D eigenvalue weighted by Gasteiger charge is -2.30. The largest absolute Gasteiger partial charge is 0.391 e. The van der Waals surface area contributed by atoms with Gasteiger partial charge in [0.05, 0.1) is 35.6 Å². The summed E-state index contributed by atoms with van der Waals surface area (Å²) in [5.74, 6) is 1.36. The van der Waals surface area contributed by atoms with Crippen LogP contribution in [0.2, 0.25) is 0 Å². The molecule has 5 rings (SSSR count). The first-order valence-electron chi connectivity index (χ1n) is 10.3. The molecule has 156 valence electrons. The van der Waals surface area contributed by atoms with Gasteiger partial charge in [-0.15, -0.1) is 11.3 Å². The summed E-state index contributed by atoms with van der Waals surface area (Å²) in [4.78, 5) is 24.1. The number of hydrogen-bond donors (Lipinski definition) is 1. The number of thiophene rings is 1. The van der Waals surface area contributed by atoms with Gasteiger partial charge in [0.1, 0.15) is 0 Å². The van der Waals surface area contributed by atoms with Crippen molar-refractivity contribution in [1.29, 1.82) is 0 Å². The lowest BCUT2D eigenvalue weighted by Crippen LogP contribution is -2.39. The van der Waals surface area contributed by atoms with E-state index in [1.54, 1.807) is 17.5 Å². The van der Waals surface area contributed by atoms with E-state index in [4.69, 9.17) is 14.7 Å². The summed E-state index contributed by atoms with van der Waals surface area (Å²) >= 11 is 1.64. The first kappa shape index (κ1) is 19.3. The van der Waals surface area contributed by atoms with E-state index in [0.717, 1.165) is 54.3 Å². The van der Waals surface area contributed by atoms with E-state index in [2.05, 4.69) is 25.8 Å². The number of rotatable bonds is 4. The van der Waals surface area contributed by atoms with E-state index >= 15 is 0 Å². The fraction of sp³-hybridized carbons (Fsp3) is 0.429. The van der Waals surface area contributed by atoms with Crippen LogP contribution in [0.5, 0.6) is 0 Å². The molecule has 2 aliphatic heterocycles. The standard InChI is InChI=1S/C21H24N6O2S/c28-15-3-1-7-27(14-15)21-23-13-16(19(25-21)18-4-2-12-30-18)17-5-6-22-20(24-17)26-8-10-29-11-9-26/h2,4-6,12-13,15,28H,1,3,7-11,14H2. The van der Waals surface area contributed by atoms with E-state index < -0.39 is 0 Å². The molecule has 1 unspecified atom stereocenters.